The Morgan fingerprint density at radius 2 is 1.62 bits per heavy atom. The Balaban J connectivity index is 1.76. The van der Waals surface area contributed by atoms with Gasteiger partial charge in [-0.05, 0) is 35.4 Å². The highest BCUT2D eigenvalue weighted by Gasteiger charge is 2.39. The number of hydrogen-bond donors (Lipinski definition) is 0. The largest absolute Gasteiger partial charge is 0.497 e. The molecule has 0 amide bonds. The molecule has 0 bridgehead atoms. The second-order valence-corrected chi connectivity index (χ2v) is 7.65. The summed E-state index contributed by atoms with van der Waals surface area (Å²) in [5, 5.41) is -1.24. The van der Waals surface area contributed by atoms with Crippen LogP contribution in [-0.4, -0.2) is 13.1 Å². The number of halogens is 4. The van der Waals surface area contributed by atoms with Gasteiger partial charge >= 0.3 is 12.1 Å². The summed E-state index contributed by atoms with van der Waals surface area (Å²) in [6.07, 6.45) is -4.95. The second kappa shape index (κ2) is 9.23. The van der Waals surface area contributed by atoms with E-state index < -0.39 is 34.3 Å². The number of ether oxygens (including phenoxy) is 2. The highest BCUT2D eigenvalue weighted by Crippen LogP contribution is 2.38. The molecule has 0 saturated heterocycles. The molecule has 5 nitrogen and oxygen atoms in total. The Morgan fingerprint density at radius 3 is 2.24 bits per heavy atom. The van der Waals surface area contributed by atoms with Crippen LogP contribution < -0.4 is 14.9 Å². The molecule has 0 saturated carbocycles. The third-order valence-corrected chi connectivity index (χ3v) is 5.45. The molecular weight excluding hydrogens is 473 g/mol. The van der Waals surface area contributed by atoms with E-state index in [4.69, 9.17) is 25.5 Å². The van der Waals surface area contributed by atoms with Gasteiger partial charge in [0.15, 0.2) is 5.38 Å². The molecule has 0 spiro atoms. The van der Waals surface area contributed by atoms with Crippen molar-refractivity contribution in [2.24, 2.45) is 0 Å². The number of alkyl halides is 4. The SMILES string of the molecule is COc1ccc(-c2c(C(F)(F)F)oc3cc(OC(=O)C(Cl)c4ccccc4)ccc3c2=O)cc1. The number of fused-ring (bicyclic) bond motifs is 1. The average Bonchev–Trinajstić information content (AvgIpc) is 2.83. The van der Waals surface area contributed by atoms with Gasteiger partial charge in [-0.1, -0.05) is 42.5 Å². The number of hydrogen-bond acceptors (Lipinski definition) is 5. The van der Waals surface area contributed by atoms with E-state index in [2.05, 4.69) is 0 Å². The molecule has 1 heterocycles. The summed E-state index contributed by atoms with van der Waals surface area (Å²) >= 11 is 6.14. The molecule has 174 valence electrons. The summed E-state index contributed by atoms with van der Waals surface area (Å²) in [6, 6.07) is 17.6. The van der Waals surface area contributed by atoms with Gasteiger partial charge in [0.05, 0.1) is 18.1 Å². The van der Waals surface area contributed by atoms with E-state index in [0.717, 1.165) is 6.07 Å². The Hall–Kier alpha value is -3.78. The normalized spacial score (nSPS) is 12.4. The van der Waals surface area contributed by atoms with Crippen LogP contribution in [0.1, 0.15) is 16.7 Å². The van der Waals surface area contributed by atoms with Crippen LogP contribution in [0.4, 0.5) is 13.2 Å². The molecule has 3 aromatic carbocycles. The Morgan fingerprint density at radius 1 is 0.971 bits per heavy atom. The topological polar surface area (TPSA) is 65.7 Å². The summed E-state index contributed by atoms with van der Waals surface area (Å²) in [4.78, 5) is 25.5. The number of methoxy groups -OCH3 is 1. The molecule has 0 radical (unpaired) electrons. The lowest BCUT2D eigenvalue weighted by Crippen LogP contribution is -2.17. The van der Waals surface area contributed by atoms with E-state index in [1.54, 1.807) is 30.3 Å². The van der Waals surface area contributed by atoms with Crippen LogP contribution in [0.25, 0.3) is 22.1 Å². The van der Waals surface area contributed by atoms with Crippen LogP contribution >= 0.6 is 11.6 Å². The molecular formula is C25H16ClF3O5. The van der Waals surface area contributed by atoms with Crippen LogP contribution in [0.2, 0.25) is 0 Å². The minimum atomic E-state index is -4.95. The number of carbonyl (C=O) groups is 1. The number of benzene rings is 3. The lowest BCUT2D eigenvalue weighted by Gasteiger charge is -2.14. The van der Waals surface area contributed by atoms with Gasteiger partial charge in [0, 0.05) is 6.07 Å². The molecule has 0 aliphatic heterocycles. The first-order valence-corrected chi connectivity index (χ1v) is 10.4. The summed E-state index contributed by atoms with van der Waals surface area (Å²) in [7, 11) is 1.41. The minimum absolute atomic E-state index is 0.0205. The fraction of sp³-hybridized carbons (Fsp3) is 0.120. The van der Waals surface area contributed by atoms with Gasteiger partial charge in [0.25, 0.3) is 0 Å². The molecule has 1 aromatic heterocycles. The number of carbonyl (C=O) groups excluding carboxylic acids is 1. The third-order valence-electron chi connectivity index (χ3n) is 5.02. The van der Waals surface area contributed by atoms with Crippen molar-refractivity contribution in [1.82, 2.24) is 0 Å². The standard InChI is InChI=1S/C25H16ClF3O5/c1-32-16-9-7-14(8-10-16)20-22(30)18-12-11-17(13-19(18)34-23(20)25(27,28)29)33-24(31)21(26)15-5-3-2-4-6-15/h2-13,21H,1H3. The van der Waals surface area contributed by atoms with Crippen molar-refractivity contribution in [3.05, 3.63) is 94.3 Å². The first-order chi connectivity index (χ1) is 16.2. The van der Waals surface area contributed by atoms with Crippen LogP contribution in [0.3, 0.4) is 0 Å². The van der Waals surface area contributed by atoms with Gasteiger partial charge in [0.1, 0.15) is 17.1 Å². The van der Waals surface area contributed by atoms with Crippen LogP contribution in [-0.2, 0) is 11.0 Å². The summed E-state index contributed by atoms with van der Waals surface area (Å²) < 4.78 is 56.9. The van der Waals surface area contributed by atoms with Crippen molar-refractivity contribution in [2.75, 3.05) is 7.11 Å². The average molecular weight is 489 g/mol. The molecule has 1 atom stereocenters. The molecule has 1 unspecified atom stereocenters. The molecule has 4 aromatic rings. The molecule has 4 rings (SSSR count). The molecule has 34 heavy (non-hydrogen) atoms. The first kappa shape index (κ1) is 23.4. The molecule has 0 N–H and O–H groups in total. The zero-order chi connectivity index (χ0) is 24.5. The highest BCUT2D eigenvalue weighted by atomic mass is 35.5. The maximum absolute atomic E-state index is 13.8. The van der Waals surface area contributed by atoms with Gasteiger partial charge in [-0.15, -0.1) is 11.6 Å². The maximum Gasteiger partial charge on any atom is 0.450 e. The van der Waals surface area contributed by atoms with E-state index in [1.807, 2.05) is 0 Å². The lowest BCUT2D eigenvalue weighted by atomic mass is 10.0. The van der Waals surface area contributed by atoms with Crippen molar-refractivity contribution in [3.63, 3.8) is 0 Å². The van der Waals surface area contributed by atoms with Crippen LogP contribution in [0.15, 0.2) is 82.0 Å². The fourth-order valence-corrected chi connectivity index (χ4v) is 3.57. The van der Waals surface area contributed by atoms with E-state index in [1.165, 1.54) is 43.5 Å². The fourth-order valence-electron chi connectivity index (χ4n) is 3.38. The zero-order valence-corrected chi connectivity index (χ0v) is 18.3. The third kappa shape index (κ3) is 4.63. The second-order valence-electron chi connectivity index (χ2n) is 7.21. The number of rotatable bonds is 5. The quantitative estimate of drug-likeness (QED) is 0.185. The molecule has 0 aliphatic rings. The smallest absolute Gasteiger partial charge is 0.450 e. The Kier molecular flexibility index (Phi) is 6.34. The summed E-state index contributed by atoms with van der Waals surface area (Å²) in [5.41, 5.74) is -1.38. The highest BCUT2D eigenvalue weighted by molar-refractivity contribution is 6.30. The first-order valence-electron chi connectivity index (χ1n) is 9.92. The minimum Gasteiger partial charge on any atom is -0.497 e. The van der Waals surface area contributed by atoms with E-state index in [-0.39, 0.29) is 22.3 Å². The van der Waals surface area contributed by atoms with Crippen molar-refractivity contribution in [1.29, 1.82) is 0 Å². The van der Waals surface area contributed by atoms with Crippen molar-refractivity contribution in [2.45, 2.75) is 11.6 Å². The number of esters is 1. The lowest BCUT2D eigenvalue weighted by molar-refractivity contribution is -0.152. The van der Waals surface area contributed by atoms with Crippen LogP contribution in [0.5, 0.6) is 11.5 Å². The van der Waals surface area contributed by atoms with Gasteiger partial charge in [-0.2, -0.15) is 13.2 Å². The van der Waals surface area contributed by atoms with Crippen molar-refractivity contribution in [3.8, 4) is 22.6 Å². The van der Waals surface area contributed by atoms with Crippen LogP contribution in [0, 0.1) is 0 Å². The monoisotopic (exact) mass is 488 g/mol. The predicted octanol–water partition coefficient (Wildman–Crippen LogP) is 6.37. The van der Waals surface area contributed by atoms with Gasteiger partial charge in [0.2, 0.25) is 11.2 Å². The van der Waals surface area contributed by atoms with Crippen molar-refractivity contribution >= 4 is 28.5 Å². The van der Waals surface area contributed by atoms with E-state index in [9.17, 15) is 22.8 Å². The Labute approximate surface area is 196 Å². The summed E-state index contributed by atoms with van der Waals surface area (Å²) in [5.74, 6) is -1.99. The molecule has 0 fully saturated rings. The van der Waals surface area contributed by atoms with Gasteiger partial charge in [-0.25, -0.2) is 4.79 Å². The molecule has 0 aliphatic carbocycles. The Bertz CT molecular complexity index is 1400. The predicted molar refractivity (Wildman–Crippen MR) is 120 cm³/mol. The van der Waals surface area contributed by atoms with Crippen molar-refractivity contribution < 1.29 is 31.9 Å². The van der Waals surface area contributed by atoms with Gasteiger partial charge < -0.3 is 13.9 Å². The van der Waals surface area contributed by atoms with E-state index in [0.29, 0.717) is 11.3 Å². The zero-order valence-electron chi connectivity index (χ0n) is 17.6. The molecule has 9 heteroatoms. The maximum atomic E-state index is 13.8. The van der Waals surface area contributed by atoms with Gasteiger partial charge in [-0.3, -0.25) is 4.79 Å². The summed E-state index contributed by atoms with van der Waals surface area (Å²) in [6.45, 7) is 0. The van der Waals surface area contributed by atoms with E-state index >= 15 is 0 Å².